The zero-order valence-corrected chi connectivity index (χ0v) is 15.4. The van der Waals surface area contributed by atoms with Crippen LogP contribution in [0.5, 0.6) is 0 Å². The van der Waals surface area contributed by atoms with Crippen LogP contribution in [0.3, 0.4) is 0 Å². The van der Waals surface area contributed by atoms with Gasteiger partial charge < -0.3 is 16.0 Å². The van der Waals surface area contributed by atoms with E-state index in [0.29, 0.717) is 13.0 Å². The van der Waals surface area contributed by atoms with E-state index in [1.807, 2.05) is 67.6 Å². The lowest BCUT2D eigenvalue weighted by molar-refractivity contribution is -0.122. The first kappa shape index (κ1) is 20.0. The van der Waals surface area contributed by atoms with Crippen molar-refractivity contribution in [2.24, 2.45) is 0 Å². The van der Waals surface area contributed by atoms with E-state index in [1.165, 1.54) is 0 Å². The highest BCUT2D eigenvalue weighted by Gasteiger charge is 2.20. The number of benzene rings is 2. The molecule has 0 aliphatic carbocycles. The first-order valence-corrected chi connectivity index (χ1v) is 8.87. The molecule has 1 atom stereocenters. The molecule has 27 heavy (non-hydrogen) atoms. The second-order valence-electron chi connectivity index (χ2n) is 6.26. The summed E-state index contributed by atoms with van der Waals surface area (Å²) in [5.41, 5.74) is 3.05. The Balaban J connectivity index is 1.95. The minimum absolute atomic E-state index is 0.226. The summed E-state index contributed by atoms with van der Waals surface area (Å²) in [5.74, 6) is -0.306. The van der Waals surface area contributed by atoms with Crippen molar-refractivity contribution in [2.75, 3.05) is 6.54 Å². The second kappa shape index (κ2) is 10.6. The van der Waals surface area contributed by atoms with Crippen molar-refractivity contribution < 1.29 is 9.59 Å². The van der Waals surface area contributed by atoms with E-state index in [4.69, 9.17) is 5.26 Å². The van der Waals surface area contributed by atoms with Crippen molar-refractivity contribution in [3.05, 3.63) is 71.3 Å². The molecule has 0 bridgehead atoms. The average Bonchev–Trinajstić information content (AvgIpc) is 2.67. The summed E-state index contributed by atoms with van der Waals surface area (Å²) >= 11 is 0. The fraction of sp³-hybridized carbons (Fsp3) is 0.286. The topological polar surface area (TPSA) is 94.0 Å². The molecule has 0 aliphatic rings. The van der Waals surface area contributed by atoms with Gasteiger partial charge in [-0.1, -0.05) is 60.2 Å². The molecule has 0 saturated carbocycles. The SMILES string of the molecule is Cc1cccc(CNC(=O)NC(Cc2ccccc2)C(=O)NCCC#N)c1. The summed E-state index contributed by atoms with van der Waals surface area (Å²) in [7, 11) is 0. The molecule has 0 fully saturated rings. The Morgan fingerprint density at radius 2 is 1.78 bits per heavy atom. The van der Waals surface area contributed by atoms with Gasteiger partial charge in [0.2, 0.25) is 5.91 Å². The molecule has 0 radical (unpaired) electrons. The zero-order chi connectivity index (χ0) is 19.5. The highest BCUT2D eigenvalue weighted by atomic mass is 16.2. The van der Waals surface area contributed by atoms with Crippen LogP contribution < -0.4 is 16.0 Å². The van der Waals surface area contributed by atoms with Crippen molar-refractivity contribution in [2.45, 2.75) is 32.4 Å². The van der Waals surface area contributed by atoms with E-state index >= 15 is 0 Å². The molecule has 2 rings (SSSR count). The van der Waals surface area contributed by atoms with Gasteiger partial charge in [0.25, 0.3) is 0 Å². The minimum atomic E-state index is -0.719. The van der Waals surface area contributed by atoms with Crippen molar-refractivity contribution >= 4 is 11.9 Å². The lowest BCUT2D eigenvalue weighted by Crippen LogP contribution is -2.51. The molecule has 0 aliphatic heterocycles. The lowest BCUT2D eigenvalue weighted by Gasteiger charge is -2.19. The van der Waals surface area contributed by atoms with Gasteiger partial charge in [-0.2, -0.15) is 5.26 Å². The number of hydrogen-bond acceptors (Lipinski definition) is 3. The molecule has 0 aromatic heterocycles. The molecule has 6 heteroatoms. The second-order valence-corrected chi connectivity index (χ2v) is 6.26. The monoisotopic (exact) mass is 364 g/mol. The number of urea groups is 1. The van der Waals surface area contributed by atoms with E-state index in [-0.39, 0.29) is 18.9 Å². The Morgan fingerprint density at radius 3 is 2.48 bits per heavy atom. The fourth-order valence-corrected chi connectivity index (χ4v) is 2.64. The number of carbonyl (C=O) groups excluding carboxylic acids is 2. The zero-order valence-electron chi connectivity index (χ0n) is 15.4. The Kier molecular flexibility index (Phi) is 7.86. The van der Waals surface area contributed by atoms with Crippen LogP contribution in [-0.2, 0) is 17.8 Å². The molecular formula is C21H24N4O2. The Hall–Kier alpha value is -3.33. The van der Waals surface area contributed by atoms with Gasteiger partial charge in [-0.05, 0) is 18.1 Å². The van der Waals surface area contributed by atoms with Crippen LogP contribution in [0.2, 0.25) is 0 Å². The van der Waals surface area contributed by atoms with Crippen LogP contribution in [0.25, 0.3) is 0 Å². The maximum Gasteiger partial charge on any atom is 0.315 e. The number of nitrogens with zero attached hydrogens (tertiary/aromatic N) is 1. The standard InChI is InChI=1S/C21H24N4O2/c1-16-7-5-10-18(13-16)15-24-21(27)25-19(20(26)23-12-6-11-22)14-17-8-3-2-4-9-17/h2-5,7-10,13,19H,6,12,14-15H2,1H3,(H,23,26)(H2,24,25,27). The number of nitriles is 1. The molecule has 1 unspecified atom stereocenters. The summed E-state index contributed by atoms with van der Waals surface area (Å²) in [6.07, 6.45) is 0.598. The quantitative estimate of drug-likeness (QED) is 0.628. The smallest absolute Gasteiger partial charge is 0.315 e. The van der Waals surface area contributed by atoms with E-state index in [9.17, 15) is 9.59 Å². The van der Waals surface area contributed by atoms with E-state index in [1.54, 1.807) is 0 Å². The van der Waals surface area contributed by atoms with E-state index < -0.39 is 12.1 Å². The molecule has 0 saturated heterocycles. The van der Waals surface area contributed by atoms with Crippen molar-refractivity contribution in [3.63, 3.8) is 0 Å². The van der Waals surface area contributed by atoms with Crippen molar-refractivity contribution in [1.29, 1.82) is 5.26 Å². The highest BCUT2D eigenvalue weighted by Crippen LogP contribution is 2.05. The summed E-state index contributed by atoms with van der Waals surface area (Å²) in [5, 5.41) is 16.8. The van der Waals surface area contributed by atoms with Gasteiger partial charge in [0.15, 0.2) is 0 Å². The predicted molar refractivity (Wildman–Crippen MR) is 104 cm³/mol. The minimum Gasteiger partial charge on any atom is -0.353 e. The third-order valence-corrected chi connectivity index (χ3v) is 3.98. The maximum absolute atomic E-state index is 12.4. The largest absolute Gasteiger partial charge is 0.353 e. The van der Waals surface area contributed by atoms with Crippen molar-refractivity contribution in [1.82, 2.24) is 16.0 Å². The first-order chi connectivity index (χ1) is 13.1. The molecule has 0 heterocycles. The molecule has 140 valence electrons. The fourth-order valence-electron chi connectivity index (χ4n) is 2.64. The van der Waals surface area contributed by atoms with Gasteiger partial charge in [-0.25, -0.2) is 4.79 Å². The molecule has 3 N–H and O–H groups in total. The summed E-state index contributed by atoms with van der Waals surface area (Å²) in [4.78, 5) is 24.7. The normalized spacial score (nSPS) is 11.1. The Labute approximate surface area is 159 Å². The van der Waals surface area contributed by atoms with Gasteiger partial charge >= 0.3 is 6.03 Å². The van der Waals surface area contributed by atoms with Gasteiger partial charge in [-0.15, -0.1) is 0 Å². The molecule has 3 amide bonds. The molecule has 2 aromatic carbocycles. The van der Waals surface area contributed by atoms with Crippen LogP contribution in [0.1, 0.15) is 23.1 Å². The van der Waals surface area contributed by atoms with Crippen molar-refractivity contribution in [3.8, 4) is 6.07 Å². The number of amides is 3. The molecule has 6 nitrogen and oxygen atoms in total. The van der Waals surface area contributed by atoms with Crippen LogP contribution in [0.15, 0.2) is 54.6 Å². The highest BCUT2D eigenvalue weighted by molar-refractivity contribution is 5.87. The van der Waals surface area contributed by atoms with Crippen LogP contribution >= 0.6 is 0 Å². The van der Waals surface area contributed by atoms with Crippen LogP contribution in [0.4, 0.5) is 4.79 Å². The first-order valence-electron chi connectivity index (χ1n) is 8.87. The molecule has 2 aromatic rings. The van der Waals surface area contributed by atoms with Gasteiger partial charge in [0.1, 0.15) is 6.04 Å². The molecule has 0 spiro atoms. The third kappa shape index (κ3) is 7.20. The number of nitrogens with one attached hydrogen (secondary N) is 3. The molecular weight excluding hydrogens is 340 g/mol. The van der Waals surface area contributed by atoms with E-state index in [2.05, 4.69) is 16.0 Å². The Morgan fingerprint density at radius 1 is 1.04 bits per heavy atom. The number of rotatable bonds is 8. The summed E-state index contributed by atoms with van der Waals surface area (Å²) in [6, 6.07) is 18.2. The third-order valence-electron chi connectivity index (χ3n) is 3.98. The summed E-state index contributed by atoms with van der Waals surface area (Å²) in [6.45, 7) is 2.62. The Bertz CT molecular complexity index is 799. The number of aryl methyl sites for hydroxylation is 1. The average molecular weight is 364 g/mol. The van der Waals surface area contributed by atoms with Crippen LogP contribution in [-0.4, -0.2) is 24.5 Å². The van der Waals surface area contributed by atoms with Gasteiger partial charge in [0.05, 0.1) is 12.5 Å². The number of hydrogen-bond donors (Lipinski definition) is 3. The van der Waals surface area contributed by atoms with Crippen LogP contribution in [0, 0.1) is 18.3 Å². The summed E-state index contributed by atoms with van der Waals surface area (Å²) < 4.78 is 0. The lowest BCUT2D eigenvalue weighted by atomic mass is 10.1. The van der Waals surface area contributed by atoms with Gasteiger partial charge in [0, 0.05) is 19.5 Å². The predicted octanol–water partition coefficient (Wildman–Crippen LogP) is 2.44. The maximum atomic E-state index is 12.4. The van der Waals surface area contributed by atoms with E-state index in [0.717, 1.165) is 16.7 Å². The number of carbonyl (C=O) groups is 2. The van der Waals surface area contributed by atoms with Gasteiger partial charge in [-0.3, -0.25) is 4.79 Å².